The van der Waals surface area contributed by atoms with Crippen LogP contribution in [0.15, 0.2) is 18.2 Å². The van der Waals surface area contributed by atoms with Crippen LogP contribution in [0, 0.1) is 16.0 Å². The van der Waals surface area contributed by atoms with Gasteiger partial charge in [0.25, 0.3) is 11.6 Å². The zero-order chi connectivity index (χ0) is 14.6. The molecule has 5 nitrogen and oxygen atoms in total. The lowest BCUT2D eigenvalue weighted by Gasteiger charge is -2.20. The fraction of sp³-hybridized carbons (Fsp3) is 0.462. The highest BCUT2D eigenvalue weighted by Crippen LogP contribution is 2.25. The van der Waals surface area contributed by atoms with E-state index in [9.17, 15) is 14.9 Å². The summed E-state index contributed by atoms with van der Waals surface area (Å²) in [6, 6.07) is 4.03. The zero-order valence-electron chi connectivity index (χ0n) is 11.2. The van der Waals surface area contributed by atoms with E-state index >= 15 is 0 Å². The molecule has 0 aromatic heterocycles. The second kappa shape index (κ2) is 6.52. The maximum atomic E-state index is 12.1. The number of hydrogen-bond donors (Lipinski definition) is 0. The van der Waals surface area contributed by atoms with Crippen molar-refractivity contribution in [2.75, 3.05) is 13.6 Å². The summed E-state index contributed by atoms with van der Waals surface area (Å²) >= 11 is 5.79. The van der Waals surface area contributed by atoms with E-state index < -0.39 is 4.92 Å². The number of rotatable bonds is 5. The molecule has 0 aliphatic heterocycles. The molecule has 0 N–H and O–H groups in total. The number of carbonyl (C=O) groups is 1. The Hall–Kier alpha value is -1.62. The van der Waals surface area contributed by atoms with Crippen LogP contribution < -0.4 is 0 Å². The minimum Gasteiger partial charge on any atom is -0.341 e. The third-order valence-corrected chi connectivity index (χ3v) is 3.32. The number of hydrogen-bond acceptors (Lipinski definition) is 3. The summed E-state index contributed by atoms with van der Waals surface area (Å²) < 4.78 is 0. The second-order valence-electron chi connectivity index (χ2n) is 4.62. The van der Waals surface area contributed by atoms with E-state index in [0.29, 0.717) is 18.0 Å². The third kappa shape index (κ3) is 3.92. The van der Waals surface area contributed by atoms with Crippen LogP contribution >= 0.6 is 11.6 Å². The van der Waals surface area contributed by atoms with Crippen LogP contribution in [0.3, 0.4) is 0 Å². The number of carbonyl (C=O) groups excluding carboxylic acids is 1. The lowest BCUT2D eigenvalue weighted by atomic mass is 10.1. The van der Waals surface area contributed by atoms with Gasteiger partial charge >= 0.3 is 0 Å². The van der Waals surface area contributed by atoms with Crippen LogP contribution in [0.25, 0.3) is 0 Å². The Kier molecular flexibility index (Phi) is 5.30. The molecule has 19 heavy (non-hydrogen) atoms. The highest BCUT2D eigenvalue weighted by molar-refractivity contribution is 6.33. The van der Waals surface area contributed by atoms with Gasteiger partial charge in [-0.2, -0.15) is 0 Å². The van der Waals surface area contributed by atoms with E-state index in [2.05, 4.69) is 13.8 Å². The number of nitrogens with zero attached hydrogens (tertiary/aromatic N) is 2. The van der Waals surface area contributed by atoms with Crippen molar-refractivity contribution in [2.24, 2.45) is 5.92 Å². The standard InChI is InChI=1S/C13H17ClN2O3/c1-4-9(2)8-15(3)13(17)10-5-6-12(16(18)19)11(14)7-10/h5-7,9H,4,8H2,1-3H3. The van der Waals surface area contributed by atoms with Gasteiger partial charge in [-0.05, 0) is 18.1 Å². The van der Waals surface area contributed by atoms with Gasteiger partial charge in [0.2, 0.25) is 0 Å². The molecule has 1 rings (SSSR count). The van der Waals surface area contributed by atoms with Crippen molar-refractivity contribution in [3.63, 3.8) is 0 Å². The largest absolute Gasteiger partial charge is 0.341 e. The van der Waals surface area contributed by atoms with Crippen molar-refractivity contribution in [1.29, 1.82) is 0 Å². The van der Waals surface area contributed by atoms with Crippen molar-refractivity contribution in [3.8, 4) is 0 Å². The Morgan fingerprint density at radius 3 is 2.63 bits per heavy atom. The lowest BCUT2D eigenvalue weighted by Crippen LogP contribution is -2.30. The molecule has 0 saturated heterocycles. The van der Waals surface area contributed by atoms with Crippen molar-refractivity contribution < 1.29 is 9.72 Å². The summed E-state index contributed by atoms with van der Waals surface area (Å²) in [5, 5.41) is 10.6. The van der Waals surface area contributed by atoms with Crippen molar-refractivity contribution in [2.45, 2.75) is 20.3 Å². The average Bonchev–Trinajstić information content (AvgIpc) is 2.36. The topological polar surface area (TPSA) is 63.5 Å². The molecule has 0 heterocycles. The minimum absolute atomic E-state index is 0.0206. The van der Waals surface area contributed by atoms with Gasteiger partial charge in [-0.15, -0.1) is 0 Å². The van der Waals surface area contributed by atoms with Crippen LogP contribution in [0.2, 0.25) is 5.02 Å². The van der Waals surface area contributed by atoms with Gasteiger partial charge in [0.05, 0.1) is 4.92 Å². The predicted octanol–water partition coefficient (Wildman–Crippen LogP) is 3.37. The second-order valence-corrected chi connectivity index (χ2v) is 5.03. The molecule has 1 aromatic carbocycles. The first-order valence-corrected chi connectivity index (χ1v) is 6.44. The first kappa shape index (κ1) is 15.4. The Balaban J connectivity index is 2.89. The third-order valence-electron chi connectivity index (χ3n) is 3.02. The van der Waals surface area contributed by atoms with Crippen LogP contribution in [-0.4, -0.2) is 29.3 Å². The Labute approximate surface area is 117 Å². The van der Waals surface area contributed by atoms with Crippen LogP contribution in [0.1, 0.15) is 30.6 Å². The number of benzene rings is 1. The monoisotopic (exact) mass is 284 g/mol. The molecule has 0 bridgehead atoms. The first-order chi connectivity index (χ1) is 8.86. The lowest BCUT2D eigenvalue weighted by molar-refractivity contribution is -0.384. The molecule has 0 spiro atoms. The number of nitro groups is 1. The molecular formula is C13H17ClN2O3. The molecule has 104 valence electrons. The quantitative estimate of drug-likeness (QED) is 0.615. The van der Waals surface area contributed by atoms with Crippen molar-refractivity contribution >= 4 is 23.2 Å². The summed E-state index contributed by atoms with van der Waals surface area (Å²) in [7, 11) is 1.71. The average molecular weight is 285 g/mol. The molecule has 1 aromatic rings. The zero-order valence-corrected chi connectivity index (χ0v) is 12.0. The van der Waals surface area contributed by atoms with Crippen LogP contribution in [0.5, 0.6) is 0 Å². The van der Waals surface area contributed by atoms with Crippen LogP contribution in [-0.2, 0) is 0 Å². The van der Waals surface area contributed by atoms with E-state index in [1.54, 1.807) is 11.9 Å². The normalized spacial score (nSPS) is 12.0. The van der Waals surface area contributed by atoms with E-state index in [1.165, 1.54) is 18.2 Å². The Morgan fingerprint density at radius 1 is 1.53 bits per heavy atom. The predicted molar refractivity (Wildman–Crippen MR) is 74.5 cm³/mol. The van der Waals surface area contributed by atoms with Crippen LogP contribution in [0.4, 0.5) is 5.69 Å². The van der Waals surface area contributed by atoms with E-state index in [0.717, 1.165) is 6.42 Å². The minimum atomic E-state index is -0.570. The van der Waals surface area contributed by atoms with Gasteiger partial charge in [0.15, 0.2) is 0 Å². The maximum absolute atomic E-state index is 12.1. The molecule has 1 unspecified atom stereocenters. The molecule has 1 atom stereocenters. The summed E-state index contributed by atoms with van der Waals surface area (Å²) in [5.41, 5.74) is 0.171. The van der Waals surface area contributed by atoms with Gasteiger partial charge in [0, 0.05) is 25.2 Å². The highest BCUT2D eigenvalue weighted by atomic mass is 35.5. The first-order valence-electron chi connectivity index (χ1n) is 6.06. The van der Waals surface area contributed by atoms with Gasteiger partial charge in [-0.1, -0.05) is 31.9 Å². The molecule has 6 heteroatoms. The van der Waals surface area contributed by atoms with Gasteiger partial charge < -0.3 is 4.90 Å². The fourth-order valence-electron chi connectivity index (χ4n) is 1.69. The summed E-state index contributed by atoms with van der Waals surface area (Å²) in [6.07, 6.45) is 0.985. The number of halogens is 1. The van der Waals surface area contributed by atoms with Crippen molar-refractivity contribution in [3.05, 3.63) is 38.9 Å². The SMILES string of the molecule is CCC(C)CN(C)C(=O)c1ccc([N+](=O)[O-])c(Cl)c1. The smallest absolute Gasteiger partial charge is 0.287 e. The number of amides is 1. The summed E-state index contributed by atoms with van der Waals surface area (Å²) in [4.78, 5) is 23.8. The van der Waals surface area contributed by atoms with Gasteiger partial charge in [-0.3, -0.25) is 14.9 Å². The van der Waals surface area contributed by atoms with E-state index in [1.807, 2.05) is 0 Å². The molecule has 0 saturated carbocycles. The van der Waals surface area contributed by atoms with E-state index in [4.69, 9.17) is 11.6 Å². The molecule has 0 fully saturated rings. The molecule has 1 amide bonds. The fourth-order valence-corrected chi connectivity index (χ4v) is 1.94. The number of nitro benzene ring substituents is 1. The maximum Gasteiger partial charge on any atom is 0.287 e. The van der Waals surface area contributed by atoms with Crippen molar-refractivity contribution in [1.82, 2.24) is 4.90 Å². The summed E-state index contributed by atoms with van der Waals surface area (Å²) in [6.45, 7) is 4.77. The summed E-state index contributed by atoms with van der Waals surface area (Å²) in [5.74, 6) is 0.222. The highest BCUT2D eigenvalue weighted by Gasteiger charge is 2.18. The van der Waals surface area contributed by atoms with E-state index in [-0.39, 0.29) is 16.6 Å². The van der Waals surface area contributed by atoms with Gasteiger partial charge in [-0.25, -0.2) is 0 Å². The molecule has 0 radical (unpaired) electrons. The molecule has 0 aliphatic carbocycles. The molecule has 0 aliphatic rings. The Bertz CT molecular complexity index is 491. The Morgan fingerprint density at radius 2 is 2.16 bits per heavy atom. The molecular weight excluding hydrogens is 268 g/mol. The van der Waals surface area contributed by atoms with Gasteiger partial charge in [0.1, 0.15) is 5.02 Å².